The van der Waals surface area contributed by atoms with E-state index in [1.165, 1.54) is 0 Å². The summed E-state index contributed by atoms with van der Waals surface area (Å²) in [6.45, 7) is 0. The summed E-state index contributed by atoms with van der Waals surface area (Å²) < 4.78 is 27.1. The van der Waals surface area contributed by atoms with E-state index >= 15 is 0 Å². The van der Waals surface area contributed by atoms with Crippen LogP contribution in [0.2, 0.25) is 0 Å². The summed E-state index contributed by atoms with van der Waals surface area (Å²) in [5, 5.41) is 13.2. The van der Waals surface area contributed by atoms with Crippen LogP contribution in [0.4, 0.5) is 17.3 Å². The standard InChI is InChI=1S/C26H20N6O2S/c1-35(33,34)31-21-13-11-20(12-14-21)29-26-27-15-19-16-28-32(25(19)30-26)23-8-4-6-18-10-9-17-5-2-3-7-22(17)24(18)23/h2-16,31H,1H3,(H,27,29,30). The first-order valence-electron chi connectivity index (χ1n) is 10.9. The van der Waals surface area contributed by atoms with Crippen LogP contribution in [0.15, 0.2) is 91.3 Å². The molecule has 4 aromatic carbocycles. The number of aromatic nitrogens is 4. The molecular formula is C26H20N6O2S. The Bertz CT molecular complexity index is 1830. The van der Waals surface area contributed by atoms with Gasteiger partial charge in [0.25, 0.3) is 0 Å². The lowest BCUT2D eigenvalue weighted by Crippen LogP contribution is -2.09. The zero-order chi connectivity index (χ0) is 24.0. The largest absolute Gasteiger partial charge is 0.324 e. The molecule has 2 N–H and O–H groups in total. The molecule has 0 radical (unpaired) electrons. The number of sulfonamides is 1. The third kappa shape index (κ3) is 4.02. The number of hydrogen-bond donors (Lipinski definition) is 2. The third-order valence-corrected chi connectivity index (χ3v) is 6.34. The van der Waals surface area contributed by atoms with E-state index < -0.39 is 10.0 Å². The van der Waals surface area contributed by atoms with Crippen LogP contribution in [0.3, 0.4) is 0 Å². The van der Waals surface area contributed by atoms with Gasteiger partial charge >= 0.3 is 0 Å². The average Bonchev–Trinajstić information content (AvgIpc) is 3.27. The molecule has 0 atom stereocenters. The van der Waals surface area contributed by atoms with Crippen molar-refractivity contribution in [2.75, 3.05) is 16.3 Å². The predicted octanol–water partition coefficient (Wildman–Crippen LogP) is 5.24. The molecule has 0 unspecified atom stereocenters. The van der Waals surface area contributed by atoms with Gasteiger partial charge < -0.3 is 5.32 Å². The van der Waals surface area contributed by atoms with Crippen molar-refractivity contribution in [2.45, 2.75) is 0 Å². The number of rotatable bonds is 5. The zero-order valence-electron chi connectivity index (χ0n) is 18.7. The lowest BCUT2D eigenvalue weighted by Gasteiger charge is -2.11. The van der Waals surface area contributed by atoms with Gasteiger partial charge in [-0.25, -0.2) is 18.1 Å². The van der Waals surface area contributed by atoms with Gasteiger partial charge in [-0.15, -0.1) is 0 Å². The van der Waals surface area contributed by atoms with Crippen molar-refractivity contribution in [2.24, 2.45) is 0 Å². The van der Waals surface area contributed by atoms with Gasteiger partial charge in [0.1, 0.15) is 0 Å². The van der Waals surface area contributed by atoms with Gasteiger partial charge in [-0.2, -0.15) is 10.1 Å². The van der Waals surface area contributed by atoms with E-state index in [0.717, 1.165) is 44.6 Å². The first kappa shape index (κ1) is 21.1. The molecule has 0 saturated carbocycles. The zero-order valence-corrected chi connectivity index (χ0v) is 19.5. The van der Waals surface area contributed by atoms with Gasteiger partial charge in [0.05, 0.1) is 23.5 Å². The number of anilines is 3. The average molecular weight is 481 g/mol. The van der Waals surface area contributed by atoms with Gasteiger partial charge in [-0.1, -0.05) is 48.5 Å². The summed E-state index contributed by atoms with van der Waals surface area (Å²) >= 11 is 0. The molecule has 0 aliphatic heterocycles. The van der Waals surface area contributed by atoms with Crippen molar-refractivity contribution in [1.29, 1.82) is 0 Å². The fourth-order valence-corrected chi connectivity index (χ4v) is 4.80. The molecule has 0 aliphatic carbocycles. The molecule has 0 amide bonds. The van der Waals surface area contributed by atoms with Crippen LogP contribution < -0.4 is 10.0 Å². The molecule has 6 rings (SSSR count). The normalized spacial score (nSPS) is 11.8. The molecular weight excluding hydrogens is 460 g/mol. The van der Waals surface area contributed by atoms with Crippen molar-refractivity contribution in [1.82, 2.24) is 19.7 Å². The Labute approximate surface area is 201 Å². The summed E-state index contributed by atoms with van der Waals surface area (Å²) in [7, 11) is -3.33. The summed E-state index contributed by atoms with van der Waals surface area (Å²) in [6.07, 6.45) is 4.61. The van der Waals surface area contributed by atoms with Crippen LogP contribution in [0.25, 0.3) is 38.3 Å². The molecule has 0 fully saturated rings. The molecule has 8 nitrogen and oxygen atoms in total. The molecule has 35 heavy (non-hydrogen) atoms. The summed E-state index contributed by atoms with van der Waals surface area (Å²) in [4.78, 5) is 9.16. The maximum atomic E-state index is 11.4. The van der Waals surface area contributed by atoms with E-state index in [9.17, 15) is 8.42 Å². The minimum absolute atomic E-state index is 0.410. The number of fused-ring (bicyclic) bond motifs is 4. The highest BCUT2D eigenvalue weighted by molar-refractivity contribution is 7.92. The van der Waals surface area contributed by atoms with Crippen LogP contribution in [0.5, 0.6) is 0 Å². The smallest absolute Gasteiger partial charge is 0.229 e. The first-order chi connectivity index (χ1) is 16.9. The minimum atomic E-state index is -3.33. The van der Waals surface area contributed by atoms with Crippen molar-refractivity contribution in [3.63, 3.8) is 0 Å². The molecule has 2 heterocycles. The second-order valence-corrected chi connectivity index (χ2v) is 10.0. The first-order valence-corrected chi connectivity index (χ1v) is 12.8. The van der Waals surface area contributed by atoms with Crippen LogP contribution in [0, 0.1) is 0 Å². The number of benzene rings is 4. The maximum Gasteiger partial charge on any atom is 0.229 e. The van der Waals surface area contributed by atoms with Gasteiger partial charge in [0.15, 0.2) is 5.65 Å². The Hall–Kier alpha value is -4.50. The molecule has 9 heteroatoms. The van der Waals surface area contributed by atoms with Gasteiger partial charge in [0.2, 0.25) is 16.0 Å². The highest BCUT2D eigenvalue weighted by atomic mass is 32.2. The van der Waals surface area contributed by atoms with E-state index in [0.29, 0.717) is 17.3 Å². The van der Waals surface area contributed by atoms with E-state index in [4.69, 9.17) is 4.98 Å². The maximum absolute atomic E-state index is 11.4. The second-order valence-electron chi connectivity index (χ2n) is 8.27. The highest BCUT2D eigenvalue weighted by Crippen LogP contribution is 2.31. The summed E-state index contributed by atoms with van der Waals surface area (Å²) in [6, 6.07) is 25.6. The Kier molecular flexibility index (Phi) is 4.85. The molecule has 0 aliphatic rings. The van der Waals surface area contributed by atoms with Crippen molar-refractivity contribution in [3.05, 3.63) is 91.3 Å². The van der Waals surface area contributed by atoms with Crippen molar-refractivity contribution < 1.29 is 8.42 Å². The molecule has 6 aromatic rings. The summed E-state index contributed by atoms with van der Waals surface area (Å²) in [5.41, 5.74) is 2.83. The van der Waals surface area contributed by atoms with Gasteiger partial charge in [-0.05, 0) is 46.5 Å². The third-order valence-electron chi connectivity index (χ3n) is 5.73. The van der Waals surface area contributed by atoms with Crippen LogP contribution in [-0.2, 0) is 10.0 Å². The van der Waals surface area contributed by atoms with E-state index in [1.54, 1.807) is 36.7 Å². The fraction of sp³-hybridized carbons (Fsp3) is 0.0385. The molecule has 0 bridgehead atoms. The van der Waals surface area contributed by atoms with Crippen molar-refractivity contribution in [3.8, 4) is 5.69 Å². The SMILES string of the molecule is CS(=O)(=O)Nc1ccc(Nc2ncc3cnn(-c4cccc5ccc6ccccc6c45)c3n2)cc1. The van der Waals surface area contributed by atoms with Gasteiger partial charge in [0, 0.05) is 23.0 Å². The fourth-order valence-electron chi connectivity index (χ4n) is 4.23. The highest BCUT2D eigenvalue weighted by Gasteiger charge is 2.13. The minimum Gasteiger partial charge on any atom is -0.324 e. The predicted molar refractivity (Wildman–Crippen MR) is 140 cm³/mol. The molecule has 172 valence electrons. The van der Waals surface area contributed by atoms with Crippen LogP contribution >= 0.6 is 0 Å². The Morgan fingerprint density at radius 1 is 0.771 bits per heavy atom. The molecule has 0 saturated heterocycles. The van der Waals surface area contributed by atoms with E-state index in [1.807, 2.05) is 28.9 Å². The van der Waals surface area contributed by atoms with Crippen LogP contribution in [0.1, 0.15) is 0 Å². The second kappa shape index (κ2) is 8.07. The van der Waals surface area contributed by atoms with E-state index in [-0.39, 0.29) is 0 Å². The number of hydrogen-bond acceptors (Lipinski definition) is 6. The molecule has 2 aromatic heterocycles. The lowest BCUT2D eigenvalue weighted by atomic mass is 10.0. The van der Waals surface area contributed by atoms with E-state index in [2.05, 4.69) is 50.5 Å². The lowest BCUT2D eigenvalue weighted by molar-refractivity contribution is 0.607. The van der Waals surface area contributed by atoms with Crippen molar-refractivity contribution >= 4 is 59.9 Å². The quantitative estimate of drug-likeness (QED) is 0.327. The molecule has 0 spiro atoms. The Morgan fingerprint density at radius 3 is 2.34 bits per heavy atom. The number of nitrogens with zero attached hydrogens (tertiary/aromatic N) is 4. The number of nitrogens with one attached hydrogen (secondary N) is 2. The monoisotopic (exact) mass is 480 g/mol. The Balaban J connectivity index is 1.42. The van der Waals surface area contributed by atoms with Crippen LogP contribution in [-0.4, -0.2) is 34.4 Å². The summed E-state index contributed by atoms with van der Waals surface area (Å²) in [5.74, 6) is 0.410. The topological polar surface area (TPSA) is 102 Å². The Morgan fingerprint density at radius 2 is 1.51 bits per heavy atom. The van der Waals surface area contributed by atoms with Gasteiger partial charge in [-0.3, -0.25) is 4.72 Å².